The van der Waals surface area contributed by atoms with Crippen molar-refractivity contribution in [2.75, 3.05) is 6.73 Å². The summed E-state index contributed by atoms with van der Waals surface area (Å²) in [5.74, 6) is -3.59. The van der Waals surface area contributed by atoms with Crippen molar-refractivity contribution in [1.82, 2.24) is 9.80 Å². The highest BCUT2D eigenvalue weighted by Crippen LogP contribution is 2.36. The summed E-state index contributed by atoms with van der Waals surface area (Å²) >= 11 is 0. The molecule has 0 N–H and O–H groups in total. The van der Waals surface area contributed by atoms with Gasteiger partial charge in [-0.05, 0) is 31.9 Å². The molecule has 1 aliphatic carbocycles. The first-order valence-corrected chi connectivity index (χ1v) is 9.05. The van der Waals surface area contributed by atoms with Crippen LogP contribution in [0.1, 0.15) is 40.5 Å². The van der Waals surface area contributed by atoms with Gasteiger partial charge in [0, 0.05) is 0 Å². The van der Waals surface area contributed by atoms with Crippen LogP contribution in [0.5, 0.6) is 0 Å². The molecular weight excluding hydrogens is 364 g/mol. The van der Waals surface area contributed by atoms with Gasteiger partial charge in [-0.25, -0.2) is 9.69 Å². The minimum absolute atomic E-state index is 0.248. The van der Waals surface area contributed by atoms with E-state index in [-0.39, 0.29) is 22.9 Å². The number of carbonyl (C=O) groups is 5. The van der Waals surface area contributed by atoms with Gasteiger partial charge in [-0.1, -0.05) is 24.3 Å². The fraction of sp³-hybridized carbons (Fsp3) is 0.350. The highest BCUT2D eigenvalue weighted by atomic mass is 16.5. The van der Waals surface area contributed by atoms with Crippen LogP contribution in [-0.4, -0.2) is 52.2 Å². The van der Waals surface area contributed by atoms with E-state index in [1.54, 1.807) is 12.1 Å². The third-order valence-electron chi connectivity index (χ3n) is 5.48. The van der Waals surface area contributed by atoms with E-state index < -0.39 is 42.4 Å². The number of allylic oxidation sites excluding steroid dienone is 2. The maximum Gasteiger partial charge on any atom is 0.330 e. The third kappa shape index (κ3) is 2.64. The summed E-state index contributed by atoms with van der Waals surface area (Å²) in [4.78, 5) is 63.9. The number of likely N-dealkylation sites (tertiary alicyclic amines) is 1. The molecule has 4 rings (SSSR count). The van der Waals surface area contributed by atoms with Crippen molar-refractivity contribution in [3.05, 3.63) is 47.5 Å². The summed E-state index contributed by atoms with van der Waals surface area (Å²) in [5, 5.41) is 0. The molecule has 0 spiro atoms. The highest BCUT2D eigenvalue weighted by molar-refractivity contribution is 6.21. The Bertz CT molecular complexity index is 875. The lowest BCUT2D eigenvalue weighted by Gasteiger charge is -2.22. The van der Waals surface area contributed by atoms with Crippen molar-refractivity contribution in [3.63, 3.8) is 0 Å². The molecule has 1 aromatic carbocycles. The van der Waals surface area contributed by atoms with Gasteiger partial charge in [-0.3, -0.25) is 24.1 Å². The maximum atomic E-state index is 12.6. The molecule has 2 heterocycles. The van der Waals surface area contributed by atoms with Gasteiger partial charge in [0.05, 0.1) is 23.0 Å². The lowest BCUT2D eigenvalue weighted by molar-refractivity contribution is -0.159. The summed E-state index contributed by atoms with van der Waals surface area (Å²) < 4.78 is 5.11. The monoisotopic (exact) mass is 382 g/mol. The Morgan fingerprint density at radius 1 is 1.00 bits per heavy atom. The first-order chi connectivity index (χ1) is 13.4. The van der Waals surface area contributed by atoms with Crippen molar-refractivity contribution < 1.29 is 28.7 Å². The quantitative estimate of drug-likeness (QED) is 0.439. The van der Waals surface area contributed by atoms with E-state index >= 15 is 0 Å². The van der Waals surface area contributed by atoms with E-state index in [2.05, 4.69) is 0 Å². The molecule has 0 radical (unpaired) electrons. The lowest BCUT2D eigenvalue weighted by atomic mass is 9.85. The number of fused-ring (bicyclic) bond motifs is 2. The number of hydrogen-bond donors (Lipinski definition) is 0. The molecule has 3 aliphatic rings. The molecule has 0 unspecified atom stereocenters. The Morgan fingerprint density at radius 2 is 1.50 bits per heavy atom. The van der Waals surface area contributed by atoms with Gasteiger partial charge in [-0.15, -0.1) is 0 Å². The minimum atomic E-state index is -1.12. The molecule has 2 aliphatic heterocycles. The van der Waals surface area contributed by atoms with Crippen LogP contribution in [-0.2, 0) is 19.1 Å². The number of benzene rings is 1. The zero-order valence-electron chi connectivity index (χ0n) is 15.2. The average molecular weight is 382 g/mol. The fourth-order valence-corrected chi connectivity index (χ4v) is 3.92. The van der Waals surface area contributed by atoms with E-state index in [4.69, 9.17) is 4.74 Å². The van der Waals surface area contributed by atoms with E-state index in [0.717, 1.165) is 9.80 Å². The van der Waals surface area contributed by atoms with Crippen LogP contribution in [0.4, 0.5) is 0 Å². The van der Waals surface area contributed by atoms with Gasteiger partial charge in [-0.2, -0.15) is 0 Å². The second-order valence-corrected chi connectivity index (χ2v) is 7.05. The van der Waals surface area contributed by atoms with E-state index in [0.29, 0.717) is 12.8 Å². The summed E-state index contributed by atoms with van der Waals surface area (Å²) in [6.07, 6.45) is 4.67. The highest BCUT2D eigenvalue weighted by Gasteiger charge is 2.50. The number of rotatable bonds is 4. The van der Waals surface area contributed by atoms with Gasteiger partial charge in [0.2, 0.25) is 11.8 Å². The summed E-state index contributed by atoms with van der Waals surface area (Å²) in [7, 11) is 0. The Balaban J connectivity index is 1.42. The molecule has 144 valence electrons. The van der Waals surface area contributed by atoms with Gasteiger partial charge in [0.15, 0.2) is 6.73 Å². The van der Waals surface area contributed by atoms with Crippen LogP contribution < -0.4 is 0 Å². The minimum Gasteiger partial charge on any atom is -0.442 e. The zero-order chi connectivity index (χ0) is 20.0. The van der Waals surface area contributed by atoms with E-state index in [1.807, 2.05) is 12.2 Å². The molecular formula is C20H18N2O6. The van der Waals surface area contributed by atoms with Crippen molar-refractivity contribution in [2.45, 2.75) is 25.8 Å². The van der Waals surface area contributed by atoms with Crippen LogP contribution in [0.2, 0.25) is 0 Å². The first-order valence-electron chi connectivity index (χ1n) is 9.05. The number of hydrogen-bond acceptors (Lipinski definition) is 6. The SMILES string of the molecule is C[C@@H](C(=O)OCN1C(=O)c2ccccc2C1=O)N1C(=O)[C@H]2CC=CC[C@@H]2C1=O. The van der Waals surface area contributed by atoms with Crippen molar-refractivity contribution in [3.8, 4) is 0 Å². The number of carbonyl (C=O) groups excluding carboxylic acids is 5. The third-order valence-corrected chi connectivity index (χ3v) is 5.48. The topological polar surface area (TPSA) is 101 Å². The standard InChI is InChI=1S/C20H18N2O6/c1-11(22-18(25)14-8-4-5-9-15(14)19(22)26)20(27)28-10-21-16(23)12-6-2-3-7-13(12)17(21)24/h2-7,11,14-15H,8-10H2,1H3/t11-,14-,15-/m0/s1. The molecule has 8 heteroatoms. The predicted octanol–water partition coefficient (Wildman–Crippen LogP) is 1.12. The molecule has 1 aromatic rings. The first kappa shape index (κ1) is 18.1. The van der Waals surface area contributed by atoms with Crippen molar-refractivity contribution in [2.24, 2.45) is 11.8 Å². The second-order valence-electron chi connectivity index (χ2n) is 7.05. The zero-order valence-corrected chi connectivity index (χ0v) is 15.2. The van der Waals surface area contributed by atoms with E-state index in [1.165, 1.54) is 19.1 Å². The average Bonchev–Trinajstić information content (AvgIpc) is 3.11. The molecule has 8 nitrogen and oxygen atoms in total. The molecule has 0 bridgehead atoms. The van der Waals surface area contributed by atoms with Crippen molar-refractivity contribution >= 4 is 29.6 Å². The van der Waals surface area contributed by atoms with Gasteiger partial charge < -0.3 is 4.74 Å². The molecule has 0 saturated carbocycles. The molecule has 0 aromatic heterocycles. The van der Waals surface area contributed by atoms with Crippen LogP contribution >= 0.6 is 0 Å². The Labute approximate surface area is 160 Å². The normalized spacial score (nSPS) is 24.5. The summed E-state index contributed by atoms with van der Waals surface area (Å²) in [6.45, 7) is 0.839. The number of imide groups is 2. The number of amides is 4. The summed E-state index contributed by atoms with van der Waals surface area (Å²) in [6, 6.07) is 5.20. The fourth-order valence-electron chi connectivity index (χ4n) is 3.92. The second kappa shape index (κ2) is 6.70. The summed E-state index contributed by atoms with van der Waals surface area (Å²) in [5.41, 5.74) is 0.496. The lowest BCUT2D eigenvalue weighted by Crippen LogP contribution is -2.45. The molecule has 3 atom stereocenters. The number of esters is 1. The van der Waals surface area contributed by atoms with Crippen LogP contribution in [0, 0.1) is 11.8 Å². The van der Waals surface area contributed by atoms with Gasteiger partial charge in [0.25, 0.3) is 11.8 Å². The van der Waals surface area contributed by atoms with Crippen LogP contribution in [0.25, 0.3) is 0 Å². The van der Waals surface area contributed by atoms with Gasteiger partial charge in [0.1, 0.15) is 6.04 Å². The van der Waals surface area contributed by atoms with Gasteiger partial charge >= 0.3 is 5.97 Å². The number of nitrogens with zero attached hydrogens (tertiary/aromatic N) is 2. The number of ether oxygens (including phenoxy) is 1. The Kier molecular flexibility index (Phi) is 4.33. The molecule has 1 saturated heterocycles. The largest absolute Gasteiger partial charge is 0.442 e. The van der Waals surface area contributed by atoms with Crippen molar-refractivity contribution in [1.29, 1.82) is 0 Å². The Hall–Kier alpha value is -3.29. The molecule has 4 amide bonds. The van der Waals surface area contributed by atoms with E-state index in [9.17, 15) is 24.0 Å². The van der Waals surface area contributed by atoms with Crippen LogP contribution in [0.3, 0.4) is 0 Å². The Morgan fingerprint density at radius 3 is 2.00 bits per heavy atom. The molecule has 1 fully saturated rings. The molecule has 28 heavy (non-hydrogen) atoms. The predicted molar refractivity (Wildman–Crippen MR) is 94.6 cm³/mol. The maximum absolute atomic E-state index is 12.6. The smallest absolute Gasteiger partial charge is 0.330 e. The van der Waals surface area contributed by atoms with Crippen LogP contribution in [0.15, 0.2) is 36.4 Å².